The first kappa shape index (κ1) is 21.3. The van der Waals surface area contributed by atoms with Crippen LogP contribution in [0.3, 0.4) is 0 Å². The van der Waals surface area contributed by atoms with E-state index in [1.165, 1.54) is 29.8 Å². The summed E-state index contributed by atoms with van der Waals surface area (Å²) in [6, 6.07) is 9.02. The molecule has 1 aliphatic heterocycles. The van der Waals surface area contributed by atoms with Gasteiger partial charge in [0.15, 0.2) is 0 Å². The molecule has 2 unspecified atom stereocenters. The van der Waals surface area contributed by atoms with Crippen molar-refractivity contribution in [3.63, 3.8) is 0 Å². The molecule has 5 nitrogen and oxygen atoms in total. The van der Waals surface area contributed by atoms with Gasteiger partial charge >= 0.3 is 6.18 Å². The normalized spacial score (nSPS) is 20.8. The van der Waals surface area contributed by atoms with Crippen LogP contribution in [0.2, 0.25) is 0 Å². The topological polar surface area (TPSA) is 75.6 Å². The third-order valence-electron chi connectivity index (χ3n) is 5.42. The summed E-state index contributed by atoms with van der Waals surface area (Å²) in [6.45, 7) is 0. The largest absolute Gasteiger partial charge is 0.416 e. The zero-order chi connectivity index (χ0) is 22.2. The number of sulfone groups is 1. The van der Waals surface area contributed by atoms with E-state index < -0.39 is 26.5 Å². The van der Waals surface area contributed by atoms with E-state index >= 15 is 0 Å². The Kier molecular flexibility index (Phi) is 5.47. The number of benzene rings is 2. The number of alkyl halides is 3. The molecular formula is C22H19F3N2O3S. The molecule has 162 valence electrons. The molecule has 1 fully saturated rings. The Labute approximate surface area is 177 Å². The van der Waals surface area contributed by atoms with Gasteiger partial charge in [-0.1, -0.05) is 6.07 Å². The number of allylic oxidation sites excluding steroid dienone is 1. The minimum Gasteiger partial charge on any atom is -0.326 e. The van der Waals surface area contributed by atoms with Crippen molar-refractivity contribution in [2.24, 2.45) is 16.8 Å². The molecule has 2 aromatic carbocycles. The fourth-order valence-electron chi connectivity index (χ4n) is 3.62. The summed E-state index contributed by atoms with van der Waals surface area (Å²) in [4.78, 5) is 16.0. The summed E-state index contributed by atoms with van der Waals surface area (Å²) in [5.41, 5.74) is 0.565. The molecule has 0 radical (unpaired) electrons. The van der Waals surface area contributed by atoms with E-state index in [1.54, 1.807) is 0 Å². The minimum absolute atomic E-state index is 0.131. The first-order valence-electron chi connectivity index (χ1n) is 9.70. The van der Waals surface area contributed by atoms with E-state index in [4.69, 9.17) is 0 Å². The van der Waals surface area contributed by atoms with Crippen LogP contribution in [-0.4, -0.2) is 20.5 Å². The highest BCUT2D eigenvalue weighted by molar-refractivity contribution is 7.91. The smallest absolute Gasteiger partial charge is 0.326 e. The lowest BCUT2D eigenvalue weighted by Gasteiger charge is -2.11. The van der Waals surface area contributed by atoms with Crippen molar-refractivity contribution in [2.45, 2.75) is 35.2 Å². The van der Waals surface area contributed by atoms with Crippen LogP contribution in [0.15, 0.2) is 75.1 Å². The Morgan fingerprint density at radius 3 is 2.45 bits per heavy atom. The van der Waals surface area contributed by atoms with Gasteiger partial charge < -0.3 is 5.32 Å². The van der Waals surface area contributed by atoms with Gasteiger partial charge in [-0.25, -0.2) is 8.42 Å². The third-order valence-corrected chi connectivity index (χ3v) is 7.18. The number of carbonyl (C=O) groups is 1. The van der Waals surface area contributed by atoms with E-state index in [0.29, 0.717) is 11.8 Å². The van der Waals surface area contributed by atoms with E-state index in [2.05, 4.69) is 10.3 Å². The Hall–Kier alpha value is -2.94. The Balaban J connectivity index is 1.45. The predicted octanol–water partition coefficient (Wildman–Crippen LogP) is 4.86. The van der Waals surface area contributed by atoms with Gasteiger partial charge in [0.2, 0.25) is 15.7 Å². The molecule has 2 aromatic rings. The maximum Gasteiger partial charge on any atom is 0.416 e. The molecule has 1 amide bonds. The molecule has 0 saturated heterocycles. The van der Waals surface area contributed by atoms with Gasteiger partial charge in [0.05, 0.1) is 15.4 Å². The fourth-order valence-corrected chi connectivity index (χ4v) is 4.93. The van der Waals surface area contributed by atoms with Crippen LogP contribution in [0.4, 0.5) is 18.9 Å². The van der Waals surface area contributed by atoms with Crippen LogP contribution in [0, 0.1) is 11.8 Å². The van der Waals surface area contributed by atoms with Gasteiger partial charge in [-0.2, -0.15) is 13.2 Å². The van der Waals surface area contributed by atoms with Crippen molar-refractivity contribution in [3.8, 4) is 0 Å². The number of carbonyl (C=O) groups excluding carboxylic acids is 1. The van der Waals surface area contributed by atoms with Crippen LogP contribution < -0.4 is 5.32 Å². The molecule has 4 rings (SSSR count). The van der Waals surface area contributed by atoms with E-state index in [1.807, 2.05) is 12.4 Å². The van der Waals surface area contributed by atoms with Crippen molar-refractivity contribution < 1.29 is 26.4 Å². The highest BCUT2D eigenvalue weighted by Gasteiger charge is 2.45. The number of amides is 1. The number of hydrogen-bond donors (Lipinski definition) is 1. The first-order chi connectivity index (χ1) is 14.7. The number of halogens is 3. The standard InChI is InChI=1S/C22H19F3N2O3S/c23-22(24,25)15-4-1-5-18(11-15)31(29,30)17-8-6-16(7-9-17)27-21(28)20-12-19(20)14-3-2-10-26-13-14/h1,4-11,13,19-20H,2-3,12H2,(H,27,28). The highest BCUT2D eigenvalue weighted by atomic mass is 32.2. The number of rotatable bonds is 5. The summed E-state index contributed by atoms with van der Waals surface area (Å²) in [5, 5.41) is 2.77. The number of anilines is 1. The molecule has 1 N–H and O–H groups in total. The second kappa shape index (κ2) is 7.96. The molecule has 0 spiro atoms. The fraction of sp³-hybridized carbons (Fsp3) is 0.273. The van der Waals surface area contributed by atoms with Crippen LogP contribution in [0.5, 0.6) is 0 Å². The molecule has 1 heterocycles. The lowest BCUT2D eigenvalue weighted by atomic mass is 10.0. The average Bonchev–Trinajstić information content (AvgIpc) is 3.55. The molecule has 0 bridgehead atoms. The van der Waals surface area contributed by atoms with E-state index in [-0.39, 0.29) is 22.6 Å². The van der Waals surface area contributed by atoms with Gasteiger partial charge in [-0.3, -0.25) is 9.79 Å². The summed E-state index contributed by atoms with van der Waals surface area (Å²) in [5.74, 6) is -0.0833. The maximum absolute atomic E-state index is 12.9. The Bertz CT molecular complexity index is 1170. The number of nitrogens with zero attached hydrogens (tertiary/aromatic N) is 1. The van der Waals surface area contributed by atoms with Crippen molar-refractivity contribution in [1.82, 2.24) is 0 Å². The Morgan fingerprint density at radius 1 is 1.06 bits per heavy atom. The molecule has 9 heteroatoms. The first-order valence-corrected chi connectivity index (χ1v) is 11.2. The zero-order valence-corrected chi connectivity index (χ0v) is 17.1. The predicted molar refractivity (Wildman–Crippen MR) is 109 cm³/mol. The van der Waals surface area contributed by atoms with Crippen LogP contribution in [-0.2, 0) is 20.8 Å². The van der Waals surface area contributed by atoms with Crippen molar-refractivity contribution in [3.05, 3.63) is 65.9 Å². The summed E-state index contributed by atoms with van der Waals surface area (Å²) < 4.78 is 64.1. The monoisotopic (exact) mass is 448 g/mol. The van der Waals surface area contributed by atoms with Crippen LogP contribution in [0.1, 0.15) is 24.8 Å². The maximum atomic E-state index is 12.9. The molecular weight excluding hydrogens is 429 g/mol. The molecule has 2 aliphatic rings. The van der Waals surface area contributed by atoms with Crippen molar-refractivity contribution in [2.75, 3.05) is 5.32 Å². The van der Waals surface area contributed by atoms with Gasteiger partial charge in [0.25, 0.3) is 0 Å². The molecule has 0 aromatic heterocycles. The minimum atomic E-state index is -4.64. The summed E-state index contributed by atoms with van der Waals surface area (Å²) >= 11 is 0. The van der Waals surface area contributed by atoms with E-state index in [9.17, 15) is 26.4 Å². The third kappa shape index (κ3) is 4.56. The molecule has 1 aliphatic carbocycles. The second-order valence-electron chi connectivity index (χ2n) is 7.57. The van der Waals surface area contributed by atoms with Gasteiger partial charge in [0.1, 0.15) is 0 Å². The summed E-state index contributed by atoms with van der Waals surface area (Å²) in [7, 11) is -4.13. The molecule has 31 heavy (non-hydrogen) atoms. The lowest BCUT2D eigenvalue weighted by Crippen LogP contribution is -2.15. The zero-order valence-electron chi connectivity index (χ0n) is 16.3. The lowest BCUT2D eigenvalue weighted by molar-refractivity contribution is -0.137. The quantitative estimate of drug-likeness (QED) is 0.710. The molecule has 2 atom stereocenters. The van der Waals surface area contributed by atoms with Gasteiger partial charge in [0, 0.05) is 24.0 Å². The summed E-state index contributed by atoms with van der Waals surface area (Å²) in [6.07, 6.45) is 1.55. The average molecular weight is 448 g/mol. The van der Waals surface area contributed by atoms with Crippen LogP contribution in [0.25, 0.3) is 0 Å². The molecule has 1 saturated carbocycles. The van der Waals surface area contributed by atoms with Crippen LogP contribution >= 0.6 is 0 Å². The van der Waals surface area contributed by atoms with Crippen molar-refractivity contribution >= 4 is 27.6 Å². The van der Waals surface area contributed by atoms with Gasteiger partial charge in [-0.05, 0) is 73.2 Å². The number of aliphatic imine (C=N–C) groups is 1. The van der Waals surface area contributed by atoms with E-state index in [0.717, 1.165) is 37.5 Å². The number of nitrogens with one attached hydrogen (secondary N) is 1. The SMILES string of the molecule is O=C(Nc1ccc(S(=O)(=O)c2cccc(C(F)(F)F)c2)cc1)C1CC1C1=CN=CCC1. The van der Waals surface area contributed by atoms with Gasteiger partial charge in [-0.15, -0.1) is 0 Å². The second-order valence-corrected chi connectivity index (χ2v) is 9.52. The Morgan fingerprint density at radius 2 is 1.81 bits per heavy atom. The highest BCUT2D eigenvalue weighted by Crippen LogP contribution is 2.46. The number of hydrogen-bond acceptors (Lipinski definition) is 4. The van der Waals surface area contributed by atoms with Crippen molar-refractivity contribution in [1.29, 1.82) is 0 Å².